The number of anilines is 1. The molecule has 200 valence electrons. The molecule has 1 aliphatic rings. The van der Waals surface area contributed by atoms with Crippen LogP contribution >= 0.6 is 0 Å². The second-order valence-corrected chi connectivity index (χ2v) is 8.94. The van der Waals surface area contributed by atoms with Crippen LogP contribution in [-0.4, -0.2) is 46.0 Å². The van der Waals surface area contributed by atoms with E-state index < -0.39 is 23.6 Å². The fourth-order valence-corrected chi connectivity index (χ4v) is 4.76. The molecule has 1 saturated heterocycles. The highest BCUT2D eigenvalue weighted by Gasteiger charge is 2.40. The Balaban J connectivity index is 1.84. The van der Waals surface area contributed by atoms with Gasteiger partial charge in [0.1, 0.15) is 11.6 Å². The first-order valence-corrected chi connectivity index (χ1v) is 11.7. The van der Waals surface area contributed by atoms with Gasteiger partial charge in [-0.1, -0.05) is 24.3 Å². The minimum absolute atomic E-state index is 0.00458. The summed E-state index contributed by atoms with van der Waals surface area (Å²) < 4.78 is 89.4. The lowest BCUT2D eigenvalue weighted by molar-refractivity contribution is -0.140. The Morgan fingerprint density at radius 2 is 1.71 bits per heavy atom. The van der Waals surface area contributed by atoms with Crippen LogP contribution < -0.4 is 9.64 Å². The number of benzene rings is 2. The standard InChI is InChI=1S/C26H22F6N4O2/c1-38-19-9-7-15(8-10-19)22-23(26(30,31)32)34-36-20(16-4-2-5-17(12-16)25(27,28)29)13-21(33-24(22)36)35-11-3-6-18(35)14-37/h2,4-5,7-10,12-13,18,37H,3,6,11,14H2,1H3. The molecule has 0 saturated carbocycles. The van der Waals surface area contributed by atoms with E-state index in [1.807, 2.05) is 0 Å². The monoisotopic (exact) mass is 536 g/mol. The molecule has 0 spiro atoms. The van der Waals surface area contributed by atoms with Crippen LogP contribution in [0.4, 0.5) is 32.2 Å². The second kappa shape index (κ2) is 9.50. The SMILES string of the molecule is COc1ccc(-c2c(C(F)(F)F)nn3c(-c4cccc(C(F)(F)F)c4)cc(N4CCCC4CO)nc23)cc1. The number of aliphatic hydroxyl groups is 1. The Morgan fingerprint density at radius 3 is 2.34 bits per heavy atom. The van der Waals surface area contributed by atoms with Gasteiger partial charge in [-0.05, 0) is 42.7 Å². The summed E-state index contributed by atoms with van der Waals surface area (Å²) in [5.74, 6) is 0.671. The van der Waals surface area contributed by atoms with Crippen LogP contribution in [0.15, 0.2) is 54.6 Å². The summed E-state index contributed by atoms with van der Waals surface area (Å²) in [6.07, 6.45) is -8.18. The highest BCUT2D eigenvalue weighted by molar-refractivity contribution is 5.84. The van der Waals surface area contributed by atoms with Gasteiger partial charge in [-0.15, -0.1) is 0 Å². The van der Waals surface area contributed by atoms with Gasteiger partial charge in [0.2, 0.25) is 0 Å². The van der Waals surface area contributed by atoms with E-state index >= 15 is 0 Å². The van der Waals surface area contributed by atoms with Gasteiger partial charge in [-0.3, -0.25) is 0 Å². The lowest BCUT2D eigenvalue weighted by Crippen LogP contribution is -2.32. The van der Waals surface area contributed by atoms with E-state index in [0.29, 0.717) is 18.7 Å². The lowest BCUT2D eigenvalue weighted by atomic mass is 10.0. The number of nitrogens with zero attached hydrogens (tertiary/aromatic N) is 4. The summed E-state index contributed by atoms with van der Waals surface area (Å²) in [7, 11) is 1.42. The molecule has 1 atom stereocenters. The molecular formula is C26H22F6N4O2. The minimum atomic E-state index is -4.88. The number of aromatic nitrogens is 3. The Hall–Kier alpha value is -3.80. The molecule has 1 unspecified atom stereocenters. The predicted molar refractivity (Wildman–Crippen MR) is 128 cm³/mol. The zero-order valence-electron chi connectivity index (χ0n) is 20.0. The second-order valence-electron chi connectivity index (χ2n) is 8.94. The molecule has 38 heavy (non-hydrogen) atoms. The van der Waals surface area contributed by atoms with Crippen LogP contribution in [0, 0.1) is 0 Å². The highest BCUT2D eigenvalue weighted by atomic mass is 19.4. The van der Waals surface area contributed by atoms with Crippen molar-refractivity contribution in [2.45, 2.75) is 31.2 Å². The van der Waals surface area contributed by atoms with E-state index in [1.54, 1.807) is 4.90 Å². The molecule has 0 bridgehead atoms. The molecule has 1 aliphatic heterocycles. The average Bonchev–Trinajstić information content (AvgIpc) is 3.52. The first kappa shape index (κ1) is 25.8. The van der Waals surface area contributed by atoms with Gasteiger partial charge in [-0.2, -0.15) is 31.4 Å². The number of aliphatic hydroxyl groups excluding tert-OH is 1. The Bertz CT molecular complexity index is 1460. The molecular weight excluding hydrogens is 514 g/mol. The summed E-state index contributed by atoms with van der Waals surface area (Å²) >= 11 is 0. The van der Waals surface area contributed by atoms with Gasteiger partial charge in [-0.25, -0.2) is 9.50 Å². The van der Waals surface area contributed by atoms with E-state index in [9.17, 15) is 31.4 Å². The Morgan fingerprint density at radius 1 is 0.974 bits per heavy atom. The van der Waals surface area contributed by atoms with Gasteiger partial charge in [0.05, 0.1) is 36.6 Å². The zero-order chi connectivity index (χ0) is 27.2. The maximum absolute atomic E-state index is 14.3. The van der Waals surface area contributed by atoms with Gasteiger partial charge < -0.3 is 14.7 Å². The van der Waals surface area contributed by atoms with E-state index in [-0.39, 0.29) is 46.5 Å². The number of fused-ring (bicyclic) bond motifs is 1. The fraction of sp³-hybridized carbons (Fsp3) is 0.308. The number of methoxy groups -OCH3 is 1. The zero-order valence-corrected chi connectivity index (χ0v) is 20.0. The molecule has 4 aromatic rings. The summed E-state index contributed by atoms with van der Waals surface area (Å²) in [6, 6.07) is 11.3. The maximum Gasteiger partial charge on any atom is 0.435 e. The third-order valence-electron chi connectivity index (χ3n) is 6.59. The van der Waals surface area contributed by atoms with Crippen LogP contribution in [0.1, 0.15) is 24.1 Å². The molecule has 0 amide bonds. The van der Waals surface area contributed by atoms with Gasteiger partial charge in [0.25, 0.3) is 0 Å². The number of ether oxygens (including phenoxy) is 1. The molecule has 5 rings (SSSR count). The molecule has 1 fully saturated rings. The van der Waals surface area contributed by atoms with E-state index in [1.165, 1.54) is 49.6 Å². The highest BCUT2D eigenvalue weighted by Crippen LogP contribution is 2.42. The molecule has 12 heteroatoms. The minimum Gasteiger partial charge on any atom is -0.497 e. The van der Waals surface area contributed by atoms with Gasteiger partial charge in [0.15, 0.2) is 11.3 Å². The van der Waals surface area contributed by atoms with Crippen LogP contribution in [0.25, 0.3) is 28.0 Å². The number of alkyl halides is 6. The van der Waals surface area contributed by atoms with E-state index in [4.69, 9.17) is 4.74 Å². The largest absolute Gasteiger partial charge is 0.497 e. The molecule has 0 aliphatic carbocycles. The number of hydrogen-bond donors (Lipinski definition) is 1. The van der Waals surface area contributed by atoms with Crippen LogP contribution in [-0.2, 0) is 12.4 Å². The van der Waals surface area contributed by atoms with Crippen molar-refractivity contribution in [3.05, 3.63) is 65.9 Å². The number of halogens is 6. The van der Waals surface area contributed by atoms with Gasteiger partial charge in [0, 0.05) is 18.2 Å². The number of hydrogen-bond acceptors (Lipinski definition) is 5. The molecule has 2 aromatic heterocycles. The van der Waals surface area contributed by atoms with E-state index in [0.717, 1.165) is 23.1 Å². The fourth-order valence-electron chi connectivity index (χ4n) is 4.76. The topological polar surface area (TPSA) is 62.9 Å². The van der Waals surface area contributed by atoms with Crippen LogP contribution in [0.5, 0.6) is 5.75 Å². The van der Waals surface area contributed by atoms with Gasteiger partial charge >= 0.3 is 12.4 Å². The van der Waals surface area contributed by atoms with Crippen molar-refractivity contribution in [2.75, 3.05) is 25.2 Å². The van der Waals surface area contributed by atoms with Crippen LogP contribution in [0.3, 0.4) is 0 Å². The van der Waals surface area contributed by atoms with Crippen molar-refractivity contribution in [3.8, 4) is 28.1 Å². The van der Waals surface area contributed by atoms with Crippen molar-refractivity contribution < 1.29 is 36.2 Å². The van der Waals surface area contributed by atoms with Crippen molar-refractivity contribution in [1.29, 1.82) is 0 Å². The molecule has 0 radical (unpaired) electrons. The van der Waals surface area contributed by atoms with Crippen LogP contribution in [0.2, 0.25) is 0 Å². The first-order chi connectivity index (χ1) is 18.0. The first-order valence-electron chi connectivity index (χ1n) is 11.7. The summed E-state index contributed by atoms with van der Waals surface area (Å²) in [5, 5.41) is 13.7. The van der Waals surface area contributed by atoms with E-state index in [2.05, 4.69) is 10.1 Å². The Labute approximate surface area is 213 Å². The smallest absolute Gasteiger partial charge is 0.435 e. The molecule has 6 nitrogen and oxygen atoms in total. The number of rotatable bonds is 5. The normalized spacial score (nSPS) is 16.4. The maximum atomic E-state index is 14.3. The lowest BCUT2D eigenvalue weighted by Gasteiger charge is -2.25. The predicted octanol–water partition coefficient (Wildman–Crippen LogP) is 6.07. The quantitative estimate of drug-likeness (QED) is 0.314. The summed E-state index contributed by atoms with van der Waals surface area (Å²) in [4.78, 5) is 6.29. The third-order valence-corrected chi connectivity index (χ3v) is 6.59. The summed E-state index contributed by atoms with van der Waals surface area (Å²) in [6.45, 7) is 0.277. The summed E-state index contributed by atoms with van der Waals surface area (Å²) in [5.41, 5.74) is -2.47. The van der Waals surface area contributed by atoms with Crippen molar-refractivity contribution in [2.24, 2.45) is 0 Å². The third kappa shape index (κ3) is 4.64. The van der Waals surface area contributed by atoms with Crippen molar-refractivity contribution >= 4 is 11.5 Å². The molecule has 3 heterocycles. The average molecular weight is 536 g/mol. The Kier molecular flexibility index (Phi) is 6.46. The van der Waals surface area contributed by atoms with Crippen molar-refractivity contribution in [3.63, 3.8) is 0 Å². The van der Waals surface area contributed by atoms with Crippen molar-refractivity contribution in [1.82, 2.24) is 14.6 Å². The molecule has 1 N–H and O–H groups in total. The molecule has 2 aromatic carbocycles.